The molecule has 4 rings (SSSR count). The zero-order valence-electron chi connectivity index (χ0n) is 13.9. The molecule has 8 heteroatoms. The van der Waals surface area contributed by atoms with Crippen LogP contribution < -0.4 is 0 Å². The molecule has 136 valence electrons. The lowest BCUT2D eigenvalue weighted by Gasteiger charge is -2.00. The summed E-state index contributed by atoms with van der Waals surface area (Å²) in [6, 6.07) is 11.7. The second kappa shape index (κ2) is 7.13. The zero-order valence-corrected chi connectivity index (χ0v) is 14.6. The molecule has 0 atom stereocenters. The predicted octanol–water partition coefficient (Wildman–Crippen LogP) is 4.13. The Morgan fingerprint density at radius 3 is 2.81 bits per heavy atom. The fraction of sp³-hybridized carbons (Fsp3) is 0.105. The lowest BCUT2D eigenvalue weighted by Crippen LogP contribution is -2.07. The number of carbonyl (C=O) groups is 1. The van der Waals surface area contributed by atoms with Crippen LogP contribution in [0.5, 0.6) is 5.75 Å². The number of aromatic hydroxyl groups is 1. The smallest absolute Gasteiger partial charge is 0.310 e. The first kappa shape index (κ1) is 17.1. The van der Waals surface area contributed by atoms with Gasteiger partial charge in [-0.2, -0.15) is 4.98 Å². The summed E-state index contributed by atoms with van der Waals surface area (Å²) in [4.78, 5) is 16.3. The minimum atomic E-state index is -0.461. The van der Waals surface area contributed by atoms with Crippen LogP contribution in [0.3, 0.4) is 0 Å². The average Bonchev–Trinajstić information content (AvgIpc) is 3.28. The molecule has 2 aromatic carbocycles. The highest BCUT2D eigenvalue weighted by Crippen LogP contribution is 2.25. The van der Waals surface area contributed by atoms with Gasteiger partial charge in [0.25, 0.3) is 5.89 Å². The SMILES string of the molecule is O=C(Cc1coc2cc(O)ccc12)OCc1nc(-c2ccc(Cl)cc2)no1. The van der Waals surface area contributed by atoms with Gasteiger partial charge in [-0.3, -0.25) is 4.79 Å². The highest BCUT2D eigenvalue weighted by atomic mass is 35.5. The number of phenolic OH excluding ortho intramolecular Hbond substituents is 1. The van der Waals surface area contributed by atoms with E-state index >= 15 is 0 Å². The first-order valence-electron chi connectivity index (χ1n) is 8.02. The van der Waals surface area contributed by atoms with Crippen LogP contribution in [-0.2, 0) is 22.6 Å². The summed E-state index contributed by atoms with van der Waals surface area (Å²) in [5, 5.41) is 14.7. The Bertz CT molecular complexity index is 1100. The molecular weight excluding hydrogens is 372 g/mol. The number of ether oxygens (including phenoxy) is 1. The van der Waals surface area contributed by atoms with Gasteiger partial charge < -0.3 is 18.8 Å². The monoisotopic (exact) mass is 384 g/mol. The predicted molar refractivity (Wildman–Crippen MR) is 96.1 cm³/mol. The van der Waals surface area contributed by atoms with E-state index in [9.17, 15) is 9.90 Å². The number of carbonyl (C=O) groups excluding carboxylic acids is 1. The van der Waals surface area contributed by atoms with Gasteiger partial charge in [-0.05, 0) is 36.4 Å². The second-order valence-corrected chi connectivity index (χ2v) is 6.23. The molecule has 0 aliphatic heterocycles. The molecule has 2 heterocycles. The zero-order chi connectivity index (χ0) is 18.8. The van der Waals surface area contributed by atoms with Gasteiger partial charge in [-0.25, -0.2) is 0 Å². The summed E-state index contributed by atoms with van der Waals surface area (Å²) in [7, 11) is 0. The van der Waals surface area contributed by atoms with Crippen LogP contribution in [0.1, 0.15) is 11.5 Å². The highest BCUT2D eigenvalue weighted by Gasteiger charge is 2.14. The van der Waals surface area contributed by atoms with E-state index in [1.165, 1.54) is 18.4 Å². The number of halogens is 1. The van der Waals surface area contributed by atoms with Crippen LogP contribution in [0.15, 0.2) is 57.7 Å². The number of fused-ring (bicyclic) bond motifs is 1. The van der Waals surface area contributed by atoms with Gasteiger partial charge in [-0.15, -0.1) is 0 Å². The van der Waals surface area contributed by atoms with Crippen molar-refractivity contribution < 1.29 is 23.6 Å². The molecule has 0 unspecified atom stereocenters. The largest absolute Gasteiger partial charge is 0.508 e. The Morgan fingerprint density at radius 1 is 1.19 bits per heavy atom. The van der Waals surface area contributed by atoms with E-state index < -0.39 is 5.97 Å². The van der Waals surface area contributed by atoms with Crippen molar-refractivity contribution in [3.8, 4) is 17.1 Å². The quantitative estimate of drug-likeness (QED) is 0.516. The van der Waals surface area contributed by atoms with E-state index in [1.807, 2.05) is 0 Å². The number of hydrogen-bond donors (Lipinski definition) is 1. The average molecular weight is 385 g/mol. The molecule has 0 bridgehead atoms. The maximum Gasteiger partial charge on any atom is 0.310 e. The Balaban J connectivity index is 1.38. The maximum absolute atomic E-state index is 12.1. The molecule has 0 amide bonds. The minimum Gasteiger partial charge on any atom is -0.508 e. The molecule has 0 saturated carbocycles. The first-order chi connectivity index (χ1) is 13.1. The number of furan rings is 1. The number of phenols is 1. The highest BCUT2D eigenvalue weighted by molar-refractivity contribution is 6.30. The van der Waals surface area contributed by atoms with Crippen LogP contribution in [0, 0.1) is 0 Å². The molecule has 1 N–H and O–H groups in total. The van der Waals surface area contributed by atoms with Crippen LogP contribution in [0.4, 0.5) is 0 Å². The topological polar surface area (TPSA) is 98.6 Å². The lowest BCUT2D eigenvalue weighted by molar-refractivity contribution is -0.144. The second-order valence-electron chi connectivity index (χ2n) is 5.80. The molecule has 2 aromatic heterocycles. The summed E-state index contributed by atoms with van der Waals surface area (Å²) in [6.45, 7) is -0.129. The third kappa shape index (κ3) is 3.78. The van der Waals surface area contributed by atoms with Crippen molar-refractivity contribution in [3.63, 3.8) is 0 Å². The van der Waals surface area contributed by atoms with E-state index in [0.29, 0.717) is 22.0 Å². The Labute approximate surface area is 158 Å². The number of esters is 1. The molecule has 0 fully saturated rings. The fourth-order valence-corrected chi connectivity index (χ4v) is 2.71. The van der Waals surface area contributed by atoms with Crippen LogP contribution in [0.25, 0.3) is 22.4 Å². The van der Waals surface area contributed by atoms with Crippen LogP contribution in [-0.4, -0.2) is 21.2 Å². The van der Waals surface area contributed by atoms with Crippen LogP contribution in [0.2, 0.25) is 5.02 Å². The van der Waals surface area contributed by atoms with Crippen molar-refractivity contribution in [1.82, 2.24) is 10.1 Å². The van der Waals surface area contributed by atoms with E-state index in [4.69, 9.17) is 25.3 Å². The summed E-state index contributed by atoms with van der Waals surface area (Å²) in [6.07, 6.45) is 1.49. The molecule has 7 nitrogen and oxygen atoms in total. The maximum atomic E-state index is 12.1. The number of hydrogen-bond acceptors (Lipinski definition) is 7. The van der Waals surface area contributed by atoms with Crippen LogP contribution >= 0.6 is 11.6 Å². The van der Waals surface area contributed by atoms with Crippen molar-refractivity contribution in [3.05, 3.63) is 65.2 Å². The molecule has 27 heavy (non-hydrogen) atoms. The van der Waals surface area contributed by atoms with E-state index in [-0.39, 0.29) is 24.7 Å². The van der Waals surface area contributed by atoms with Crippen molar-refractivity contribution in [2.24, 2.45) is 0 Å². The number of aromatic nitrogens is 2. The fourth-order valence-electron chi connectivity index (χ4n) is 2.59. The Kier molecular flexibility index (Phi) is 4.52. The van der Waals surface area contributed by atoms with Gasteiger partial charge in [0.2, 0.25) is 5.82 Å². The number of nitrogens with zero attached hydrogens (tertiary/aromatic N) is 2. The molecule has 0 spiro atoms. The van der Waals surface area contributed by atoms with Gasteiger partial charge in [0.05, 0.1) is 12.7 Å². The van der Waals surface area contributed by atoms with Gasteiger partial charge in [0.1, 0.15) is 11.3 Å². The first-order valence-corrected chi connectivity index (χ1v) is 8.39. The third-order valence-corrected chi connectivity index (χ3v) is 4.15. The Morgan fingerprint density at radius 2 is 2.00 bits per heavy atom. The lowest BCUT2D eigenvalue weighted by atomic mass is 10.1. The Hall–Kier alpha value is -3.32. The van der Waals surface area contributed by atoms with E-state index in [2.05, 4.69) is 10.1 Å². The summed E-state index contributed by atoms with van der Waals surface area (Å²) in [5.41, 5.74) is 1.92. The standard InChI is InChI=1S/C19H13ClN2O5/c20-13-3-1-11(2-4-13)19-21-17(27-22-19)10-26-18(24)7-12-9-25-16-8-14(23)5-6-15(12)16/h1-6,8-9,23H,7,10H2. The molecule has 0 radical (unpaired) electrons. The van der Waals surface area contributed by atoms with Crippen molar-refractivity contribution >= 4 is 28.5 Å². The molecule has 0 aliphatic rings. The number of rotatable bonds is 5. The number of benzene rings is 2. The third-order valence-electron chi connectivity index (χ3n) is 3.90. The van der Waals surface area contributed by atoms with Gasteiger partial charge in [0, 0.05) is 27.6 Å². The van der Waals surface area contributed by atoms with Crippen molar-refractivity contribution in [1.29, 1.82) is 0 Å². The molecule has 0 aliphatic carbocycles. The van der Waals surface area contributed by atoms with Gasteiger partial charge >= 0.3 is 5.97 Å². The molecule has 4 aromatic rings. The minimum absolute atomic E-state index is 0.0238. The molecule has 0 saturated heterocycles. The van der Waals surface area contributed by atoms with Crippen molar-refractivity contribution in [2.75, 3.05) is 0 Å². The summed E-state index contributed by atoms with van der Waals surface area (Å²) < 4.78 is 15.6. The summed E-state index contributed by atoms with van der Waals surface area (Å²) in [5.74, 6) is 0.213. The van der Waals surface area contributed by atoms with E-state index in [0.717, 1.165) is 10.9 Å². The van der Waals surface area contributed by atoms with E-state index in [1.54, 1.807) is 30.3 Å². The summed E-state index contributed by atoms with van der Waals surface area (Å²) >= 11 is 5.85. The normalized spacial score (nSPS) is 11.0. The molecular formula is C19H13ClN2O5. The van der Waals surface area contributed by atoms with Gasteiger partial charge in [0.15, 0.2) is 6.61 Å². The van der Waals surface area contributed by atoms with Crippen molar-refractivity contribution in [2.45, 2.75) is 13.0 Å². The van der Waals surface area contributed by atoms with Gasteiger partial charge in [-0.1, -0.05) is 16.8 Å².